The molecule has 0 spiro atoms. The Kier molecular flexibility index (Phi) is 7.08. The third kappa shape index (κ3) is 5.43. The number of piperazine rings is 1. The van der Waals surface area contributed by atoms with Crippen LogP contribution in [0, 0.1) is 0 Å². The Morgan fingerprint density at radius 3 is 2.73 bits per heavy atom. The molecule has 1 saturated heterocycles. The third-order valence-electron chi connectivity index (χ3n) is 5.77. The average molecular weight is 454 g/mol. The standard InChI is InChI=1S/C22H31N9O2/c1-3-4-9-23-22(33)27-18(16-14-24-17-8-6-5-7-15(16)17)25-20(32)19-26-21(29-28-19)31-12-10-30(2)11-13-31/h5-8,14,18,24H,3-4,9-13H2,1-2H3,(H,25,32)(H2,23,27,33)(H,26,28,29). The lowest BCUT2D eigenvalue weighted by Gasteiger charge is -2.31. The van der Waals surface area contributed by atoms with E-state index in [0.717, 1.165) is 55.5 Å². The SMILES string of the molecule is CCCCNC(=O)NC(NC(=O)c1nc(N2CCN(C)CC2)n[nH]1)c1c[nH]c2ccccc12. The Hall–Kier alpha value is -3.60. The second kappa shape index (κ2) is 10.3. The third-order valence-corrected chi connectivity index (χ3v) is 5.77. The summed E-state index contributed by atoms with van der Waals surface area (Å²) in [5, 5.41) is 16.4. The summed E-state index contributed by atoms with van der Waals surface area (Å²) in [6, 6.07) is 7.37. The quantitative estimate of drug-likeness (QED) is 0.260. The van der Waals surface area contributed by atoms with Crippen LogP contribution >= 0.6 is 0 Å². The van der Waals surface area contributed by atoms with Crippen molar-refractivity contribution in [3.63, 3.8) is 0 Å². The number of amides is 3. The summed E-state index contributed by atoms with van der Waals surface area (Å²) in [6.07, 6.45) is 2.89. The number of aromatic nitrogens is 4. The van der Waals surface area contributed by atoms with E-state index < -0.39 is 12.1 Å². The van der Waals surface area contributed by atoms with Crippen LogP contribution in [0.4, 0.5) is 10.7 Å². The van der Waals surface area contributed by atoms with Crippen LogP contribution in [0.25, 0.3) is 10.9 Å². The highest BCUT2D eigenvalue weighted by atomic mass is 16.2. The number of anilines is 1. The van der Waals surface area contributed by atoms with E-state index in [1.165, 1.54) is 0 Å². The fourth-order valence-corrected chi connectivity index (χ4v) is 3.79. The molecule has 11 heteroatoms. The zero-order valence-corrected chi connectivity index (χ0v) is 19.0. The van der Waals surface area contributed by atoms with Gasteiger partial charge in [0.25, 0.3) is 5.91 Å². The van der Waals surface area contributed by atoms with Gasteiger partial charge in [-0.05, 0) is 19.5 Å². The zero-order chi connectivity index (χ0) is 23.2. The number of carbonyl (C=O) groups excluding carboxylic acids is 2. The Balaban J connectivity index is 1.50. The summed E-state index contributed by atoms with van der Waals surface area (Å²) >= 11 is 0. The second-order valence-electron chi connectivity index (χ2n) is 8.22. The van der Waals surface area contributed by atoms with Crippen LogP contribution < -0.4 is 20.9 Å². The summed E-state index contributed by atoms with van der Waals surface area (Å²) in [6.45, 7) is 6.04. The van der Waals surface area contributed by atoms with Gasteiger partial charge in [-0.25, -0.2) is 4.79 Å². The van der Waals surface area contributed by atoms with E-state index in [1.54, 1.807) is 6.20 Å². The number of carbonyl (C=O) groups is 2. The molecule has 5 N–H and O–H groups in total. The number of H-pyrrole nitrogens is 2. The molecule has 176 valence electrons. The van der Waals surface area contributed by atoms with Gasteiger partial charge < -0.3 is 30.7 Å². The molecule has 3 aromatic rings. The number of aromatic amines is 2. The van der Waals surface area contributed by atoms with Crippen molar-refractivity contribution in [2.45, 2.75) is 25.9 Å². The number of nitrogens with one attached hydrogen (secondary N) is 5. The predicted molar refractivity (Wildman–Crippen MR) is 126 cm³/mol. The number of hydrogen-bond donors (Lipinski definition) is 5. The van der Waals surface area contributed by atoms with Crippen molar-refractivity contribution in [1.82, 2.24) is 41.0 Å². The van der Waals surface area contributed by atoms with Crippen molar-refractivity contribution in [1.29, 1.82) is 0 Å². The molecule has 33 heavy (non-hydrogen) atoms. The molecule has 3 heterocycles. The molecule has 0 bridgehead atoms. The van der Waals surface area contributed by atoms with Gasteiger partial charge in [-0.15, -0.1) is 5.10 Å². The first kappa shape index (κ1) is 22.6. The molecule has 1 atom stereocenters. The Bertz CT molecular complexity index is 1080. The lowest BCUT2D eigenvalue weighted by Crippen LogP contribution is -2.46. The van der Waals surface area contributed by atoms with E-state index in [2.05, 4.69) is 55.0 Å². The number of rotatable bonds is 8. The maximum atomic E-state index is 13.0. The van der Waals surface area contributed by atoms with Crippen LogP contribution in [0.15, 0.2) is 30.5 Å². The lowest BCUT2D eigenvalue weighted by molar-refractivity contribution is 0.0922. The maximum absolute atomic E-state index is 13.0. The molecule has 1 unspecified atom stereocenters. The van der Waals surface area contributed by atoms with Gasteiger partial charge in [0.05, 0.1) is 0 Å². The number of unbranched alkanes of at least 4 members (excludes halogenated alkanes) is 1. The summed E-state index contributed by atoms with van der Waals surface area (Å²) < 4.78 is 0. The summed E-state index contributed by atoms with van der Waals surface area (Å²) in [7, 11) is 2.07. The second-order valence-corrected chi connectivity index (χ2v) is 8.22. The van der Waals surface area contributed by atoms with E-state index in [-0.39, 0.29) is 11.9 Å². The topological polar surface area (TPSA) is 134 Å². The minimum atomic E-state index is -0.757. The largest absolute Gasteiger partial charge is 0.361 e. The highest BCUT2D eigenvalue weighted by Gasteiger charge is 2.24. The highest BCUT2D eigenvalue weighted by molar-refractivity contribution is 5.92. The van der Waals surface area contributed by atoms with Gasteiger partial charge in [-0.2, -0.15) is 4.98 Å². The van der Waals surface area contributed by atoms with E-state index in [1.807, 2.05) is 29.2 Å². The Morgan fingerprint density at radius 1 is 1.15 bits per heavy atom. The van der Waals surface area contributed by atoms with Gasteiger partial charge in [0, 0.05) is 55.4 Å². The van der Waals surface area contributed by atoms with Gasteiger partial charge in [0.15, 0.2) is 0 Å². The molecule has 0 saturated carbocycles. The number of urea groups is 1. The zero-order valence-electron chi connectivity index (χ0n) is 19.0. The molecule has 1 aliphatic rings. The van der Waals surface area contributed by atoms with Crippen molar-refractivity contribution in [3.8, 4) is 0 Å². The van der Waals surface area contributed by atoms with Crippen LogP contribution in [0.5, 0.6) is 0 Å². The molecule has 2 aromatic heterocycles. The fraction of sp³-hybridized carbons (Fsp3) is 0.455. The first-order valence-corrected chi connectivity index (χ1v) is 11.3. The van der Waals surface area contributed by atoms with Gasteiger partial charge in [-0.3, -0.25) is 9.89 Å². The van der Waals surface area contributed by atoms with Gasteiger partial charge in [-0.1, -0.05) is 31.5 Å². The van der Waals surface area contributed by atoms with E-state index in [4.69, 9.17) is 0 Å². The van der Waals surface area contributed by atoms with Gasteiger partial charge in [0.2, 0.25) is 11.8 Å². The van der Waals surface area contributed by atoms with Crippen molar-refractivity contribution < 1.29 is 9.59 Å². The monoisotopic (exact) mass is 453 g/mol. The smallest absolute Gasteiger partial charge is 0.316 e. The predicted octanol–water partition coefficient (Wildman–Crippen LogP) is 1.57. The molecule has 1 fully saturated rings. The minimum absolute atomic E-state index is 0.0990. The summed E-state index contributed by atoms with van der Waals surface area (Å²) in [5.74, 6) is 0.149. The molecule has 4 rings (SSSR count). The van der Waals surface area contributed by atoms with Crippen LogP contribution in [0.2, 0.25) is 0 Å². The fourth-order valence-electron chi connectivity index (χ4n) is 3.79. The van der Waals surface area contributed by atoms with E-state index >= 15 is 0 Å². The molecular formula is C22H31N9O2. The summed E-state index contributed by atoms with van der Waals surface area (Å²) in [4.78, 5) is 37.4. The molecular weight excluding hydrogens is 422 g/mol. The first-order chi connectivity index (χ1) is 16.0. The molecule has 11 nitrogen and oxygen atoms in total. The van der Waals surface area contributed by atoms with Crippen molar-refractivity contribution >= 4 is 28.8 Å². The molecule has 0 radical (unpaired) electrons. The maximum Gasteiger partial charge on any atom is 0.316 e. The molecule has 0 aliphatic carbocycles. The minimum Gasteiger partial charge on any atom is -0.361 e. The van der Waals surface area contributed by atoms with Crippen LogP contribution in [-0.2, 0) is 0 Å². The Morgan fingerprint density at radius 2 is 1.94 bits per heavy atom. The average Bonchev–Trinajstić information content (AvgIpc) is 3.47. The van der Waals surface area contributed by atoms with Crippen LogP contribution in [0.1, 0.15) is 42.1 Å². The Labute approximate surface area is 192 Å². The van der Waals surface area contributed by atoms with E-state index in [0.29, 0.717) is 12.5 Å². The summed E-state index contributed by atoms with van der Waals surface area (Å²) in [5.41, 5.74) is 1.67. The highest BCUT2D eigenvalue weighted by Crippen LogP contribution is 2.23. The molecule has 1 aliphatic heterocycles. The number of benzene rings is 1. The van der Waals surface area contributed by atoms with Crippen molar-refractivity contribution in [2.24, 2.45) is 0 Å². The number of hydrogen-bond acceptors (Lipinski definition) is 6. The first-order valence-electron chi connectivity index (χ1n) is 11.3. The lowest BCUT2D eigenvalue weighted by atomic mass is 10.1. The number of fused-ring (bicyclic) bond motifs is 1. The van der Waals surface area contributed by atoms with Gasteiger partial charge >= 0.3 is 6.03 Å². The molecule has 3 amide bonds. The van der Waals surface area contributed by atoms with Crippen LogP contribution in [0.3, 0.4) is 0 Å². The van der Waals surface area contributed by atoms with Gasteiger partial charge in [0.1, 0.15) is 6.17 Å². The van der Waals surface area contributed by atoms with E-state index in [9.17, 15) is 9.59 Å². The van der Waals surface area contributed by atoms with Crippen LogP contribution in [-0.4, -0.2) is 76.8 Å². The molecule has 1 aromatic carbocycles. The van der Waals surface area contributed by atoms with Crippen molar-refractivity contribution in [3.05, 3.63) is 41.9 Å². The number of likely N-dealkylation sites (N-methyl/N-ethyl adjacent to an activating group) is 1. The normalized spacial score (nSPS) is 15.4. The van der Waals surface area contributed by atoms with Crippen molar-refractivity contribution in [2.75, 3.05) is 44.7 Å². The number of para-hydroxylation sites is 1. The number of nitrogens with zero attached hydrogens (tertiary/aromatic N) is 4.